The molecule has 0 aliphatic heterocycles. The van der Waals surface area contributed by atoms with Gasteiger partial charge in [0.05, 0.1) is 5.56 Å². The Bertz CT molecular complexity index is 654. The van der Waals surface area contributed by atoms with Gasteiger partial charge in [0.2, 0.25) is 5.91 Å². The van der Waals surface area contributed by atoms with Gasteiger partial charge in [0.15, 0.2) is 0 Å². The van der Waals surface area contributed by atoms with Gasteiger partial charge in [-0.05, 0) is 36.2 Å². The predicted octanol–water partition coefficient (Wildman–Crippen LogP) is 2.85. The van der Waals surface area contributed by atoms with E-state index in [1.807, 2.05) is 6.07 Å². The van der Waals surface area contributed by atoms with Gasteiger partial charge in [-0.1, -0.05) is 12.1 Å². The Morgan fingerprint density at radius 1 is 1.23 bits per heavy atom. The number of anilines is 1. The van der Waals surface area contributed by atoms with E-state index in [4.69, 9.17) is 5.73 Å². The fourth-order valence-electron chi connectivity index (χ4n) is 1.88. The molecule has 0 unspecified atom stereocenters. The monoisotopic (exact) mass is 309 g/mol. The van der Waals surface area contributed by atoms with Crippen LogP contribution in [-0.4, -0.2) is 17.4 Å². The predicted molar refractivity (Wildman–Crippen MR) is 76.4 cm³/mol. The van der Waals surface area contributed by atoms with Gasteiger partial charge in [-0.25, -0.2) is 4.98 Å². The van der Waals surface area contributed by atoms with E-state index in [-0.39, 0.29) is 0 Å². The van der Waals surface area contributed by atoms with Crippen molar-refractivity contribution in [2.24, 2.45) is 5.73 Å². The number of carbonyl (C=O) groups is 1. The molecule has 0 aliphatic carbocycles. The summed E-state index contributed by atoms with van der Waals surface area (Å²) in [6, 6.07) is 9.13. The number of hydrogen-bond acceptors (Lipinski definition) is 3. The van der Waals surface area contributed by atoms with E-state index >= 15 is 0 Å². The largest absolute Gasteiger partial charge is 0.417 e. The van der Waals surface area contributed by atoms with Crippen LogP contribution in [0.15, 0.2) is 42.6 Å². The van der Waals surface area contributed by atoms with E-state index in [0.717, 1.165) is 17.8 Å². The molecule has 3 N–H and O–H groups in total. The number of hydrogen-bond donors (Lipinski definition) is 2. The third-order valence-electron chi connectivity index (χ3n) is 3.02. The van der Waals surface area contributed by atoms with Crippen LogP contribution in [-0.2, 0) is 12.6 Å². The van der Waals surface area contributed by atoms with Gasteiger partial charge in [0, 0.05) is 18.3 Å². The maximum Gasteiger partial charge on any atom is 0.417 e. The SMILES string of the molecule is NC(=O)c1cccc(CCNc2ccc(C(F)(F)F)cn2)c1. The minimum absolute atomic E-state index is 0.360. The number of nitrogens with one attached hydrogen (secondary N) is 1. The van der Waals surface area contributed by atoms with Gasteiger partial charge in [0.1, 0.15) is 5.82 Å². The number of amides is 1. The second kappa shape index (κ2) is 6.46. The summed E-state index contributed by atoms with van der Waals surface area (Å²) in [5, 5.41) is 2.93. The highest BCUT2D eigenvalue weighted by Gasteiger charge is 2.30. The Kier molecular flexibility index (Phi) is 4.65. The third kappa shape index (κ3) is 4.21. The lowest BCUT2D eigenvalue weighted by atomic mass is 10.1. The molecule has 0 atom stereocenters. The first-order chi connectivity index (χ1) is 10.4. The van der Waals surface area contributed by atoms with Crippen LogP contribution in [0.3, 0.4) is 0 Å². The molecule has 4 nitrogen and oxygen atoms in total. The average molecular weight is 309 g/mol. The number of primary amides is 1. The smallest absolute Gasteiger partial charge is 0.370 e. The van der Waals surface area contributed by atoms with Crippen LogP contribution >= 0.6 is 0 Å². The summed E-state index contributed by atoms with van der Waals surface area (Å²) in [5.74, 6) is -0.140. The van der Waals surface area contributed by atoms with Gasteiger partial charge in [0.25, 0.3) is 0 Å². The number of carbonyl (C=O) groups excluding carboxylic acids is 1. The molecule has 22 heavy (non-hydrogen) atoms. The standard InChI is InChI=1S/C15H14F3N3O/c16-15(17,18)12-4-5-13(21-9-12)20-7-6-10-2-1-3-11(8-10)14(19)22/h1-5,8-9H,6-7H2,(H2,19,22)(H,20,21). The highest BCUT2D eigenvalue weighted by molar-refractivity contribution is 5.92. The van der Waals surface area contributed by atoms with Gasteiger partial charge >= 0.3 is 6.18 Å². The van der Waals surface area contributed by atoms with E-state index in [0.29, 0.717) is 24.3 Å². The lowest BCUT2D eigenvalue weighted by molar-refractivity contribution is -0.137. The summed E-state index contributed by atoms with van der Waals surface area (Å²) in [6.07, 6.45) is -3.01. The van der Waals surface area contributed by atoms with Gasteiger partial charge in [-0.2, -0.15) is 13.2 Å². The Labute approximate surface area is 125 Å². The van der Waals surface area contributed by atoms with Crippen molar-refractivity contribution in [3.8, 4) is 0 Å². The molecule has 0 fully saturated rings. The molecule has 1 heterocycles. The summed E-state index contributed by atoms with van der Waals surface area (Å²) in [5.41, 5.74) is 5.73. The Morgan fingerprint density at radius 3 is 2.59 bits per heavy atom. The topological polar surface area (TPSA) is 68.0 Å². The number of alkyl halides is 3. The second-order valence-corrected chi connectivity index (χ2v) is 4.67. The van der Waals surface area contributed by atoms with E-state index in [1.165, 1.54) is 6.07 Å². The molecular weight excluding hydrogens is 295 g/mol. The van der Waals surface area contributed by atoms with Crippen molar-refractivity contribution in [1.29, 1.82) is 0 Å². The number of pyridine rings is 1. The zero-order chi connectivity index (χ0) is 16.2. The number of aromatic nitrogens is 1. The third-order valence-corrected chi connectivity index (χ3v) is 3.02. The number of nitrogens with two attached hydrogens (primary N) is 1. The van der Waals surface area contributed by atoms with Crippen LogP contribution in [0.1, 0.15) is 21.5 Å². The van der Waals surface area contributed by atoms with Crippen molar-refractivity contribution >= 4 is 11.7 Å². The van der Waals surface area contributed by atoms with Crippen LogP contribution in [0.5, 0.6) is 0 Å². The maximum absolute atomic E-state index is 12.4. The highest BCUT2D eigenvalue weighted by atomic mass is 19.4. The zero-order valence-corrected chi connectivity index (χ0v) is 11.5. The van der Waals surface area contributed by atoms with E-state index < -0.39 is 17.6 Å². The summed E-state index contributed by atoms with van der Waals surface area (Å²) in [4.78, 5) is 14.8. The molecule has 0 aliphatic rings. The van der Waals surface area contributed by atoms with Crippen molar-refractivity contribution < 1.29 is 18.0 Å². The van der Waals surface area contributed by atoms with E-state index in [2.05, 4.69) is 10.3 Å². The molecule has 0 spiro atoms. The number of halogens is 3. The van der Waals surface area contributed by atoms with E-state index in [9.17, 15) is 18.0 Å². The molecule has 1 amide bonds. The molecule has 1 aromatic carbocycles. The molecule has 0 radical (unpaired) electrons. The van der Waals surface area contributed by atoms with E-state index in [1.54, 1.807) is 18.2 Å². The number of nitrogens with zero attached hydrogens (tertiary/aromatic N) is 1. The normalized spacial score (nSPS) is 11.2. The molecule has 2 rings (SSSR count). The van der Waals surface area contributed by atoms with Crippen LogP contribution in [0.2, 0.25) is 0 Å². The molecule has 1 aromatic heterocycles. The minimum atomic E-state index is -4.39. The van der Waals surface area contributed by atoms with Crippen LogP contribution in [0, 0.1) is 0 Å². The summed E-state index contributed by atoms with van der Waals surface area (Å²) < 4.78 is 37.2. The van der Waals surface area contributed by atoms with Crippen LogP contribution in [0.25, 0.3) is 0 Å². The van der Waals surface area contributed by atoms with Crippen LogP contribution < -0.4 is 11.1 Å². The number of rotatable bonds is 5. The lowest BCUT2D eigenvalue weighted by Crippen LogP contribution is -2.12. The fraction of sp³-hybridized carbons (Fsp3) is 0.200. The van der Waals surface area contributed by atoms with Crippen molar-refractivity contribution in [1.82, 2.24) is 4.98 Å². The van der Waals surface area contributed by atoms with Gasteiger partial charge in [-0.15, -0.1) is 0 Å². The van der Waals surface area contributed by atoms with Crippen molar-refractivity contribution in [3.63, 3.8) is 0 Å². The second-order valence-electron chi connectivity index (χ2n) is 4.67. The minimum Gasteiger partial charge on any atom is -0.370 e. The first-order valence-corrected chi connectivity index (χ1v) is 6.52. The van der Waals surface area contributed by atoms with Crippen LogP contribution in [0.4, 0.5) is 19.0 Å². The van der Waals surface area contributed by atoms with Crippen molar-refractivity contribution in [2.45, 2.75) is 12.6 Å². The molecule has 0 bridgehead atoms. The average Bonchev–Trinajstić information content (AvgIpc) is 2.47. The Balaban J connectivity index is 1.91. The Hall–Kier alpha value is -2.57. The first kappa shape index (κ1) is 15.8. The Morgan fingerprint density at radius 2 is 2.00 bits per heavy atom. The maximum atomic E-state index is 12.4. The molecular formula is C15H14F3N3O. The van der Waals surface area contributed by atoms with Crippen molar-refractivity contribution in [2.75, 3.05) is 11.9 Å². The van der Waals surface area contributed by atoms with Gasteiger partial charge in [-0.3, -0.25) is 4.79 Å². The zero-order valence-electron chi connectivity index (χ0n) is 11.5. The quantitative estimate of drug-likeness (QED) is 0.892. The molecule has 7 heteroatoms. The number of benzene rings is 1. The summed E-state index contributed by atoms with van der Waals surface area (Å²) in [6.45, 7) is 0.473. The summed E-state index contributed by atoms with van der Waals surface area (Å²) >= 11 is 0. The molecule has 0 saturated heterocycles. The first-order valence-electron chi connectivity index (χ1n) is 6.52. The lowest BCUT2D eigenvalue weighted by Gasteiger charge is -2.09. The van der Waals surface area contributed by atoms with Gasteiger partial charge < -0.3 is 11.1 Å². The molecule has 2 aromatic rings. The molecule has 116 valence electrons. The fourth-order valence-corrected chi connectivity index (χ4v) is 1.88. The summed E-state index contributed by atoms with van der Waals surface area (Å²) in [7, 11) is 0. The highest BCUT2D eigenvalue weighted by Crippen LogP contribution is 2.28. The molecule has 0 saturated carbocycles. The van der Waals surface area contributed by atoms with Crippen molar-refractivity contribution in [3.05, 3.63) is 59.3 Å².